The normalized spacial score (nSPS) is 21.0. The zero-order valence-electron chi connectivity index (χ0n) is 23.7. The van der Waals surface area contributed by atoms with E-state index in [-0.39, 0.29) is 5.91 Å². The first-order valence-electron chi connectivity index (χ1n) is 15.1. The van der Waals surface area contributed by atoms with E-state index in [1.54, 1.807) is 6.20 Å². The number of carbonyl (C=O) groups excluding carboxylic acids is 1. The van der Waals surface area contributed by atoms with E-state index in [1.807, 2.05) is 65.7 Å². The van der Waals surface area contributed by atoms with Crippen molar-refractivity contribution < 1.29 is 4.79 Å². The van der Waals surface area contributed by atoms with Gasteiger partial charge in [0.15, 0.2) is 0 Å². The first-order chi connectivity index (χ1) is 20.2. The number of hydrogen-bond acceptors (Lipinski definition) is 6. The third-order valence-electron chi connectivity index (χ3n) is 9.14. The number of carbonyl (C=O) groups is 1. The second kappa shape index (κ2) is 11.2. The van der Waals surface area contributed by atoms with Crippen molar-refractivity contribution in [1.29, 1.82) is 0 Å². The molecule has 210 valence electrons. The molecule has 5 heterocycles. The molecule has 2 aliphatic heterocycles. The molecule has 1 aromatic carbocycles. The third-order valence-corrected chi connectivity index (χ3v) is 9.14. The fourth-order valence-corrected chi connectivity index (χ4v) is 7.15. The number of likely N-dealkylation sites (tertiary alicyclic amines) is 1. The first kappa shape index (κ1) is 26.0. The van der Waals surface area contributed by atoms with Gasteiger partial charge in [0.2, 0.25) is 0 Å². The van der Waals surface area contributed by atoms with Gasteiger partial charge < -0.3 is 4.90 Å². The van der Waals surface area contributed by atoms with Crippen molar-refractivity contribution in [3.05, 3.63) is 84.2 Å². The van der Waals surface area contributed by atoms with Crippen molar-refractivity contribution in [1.82, 2.24) is 34.5 Å². The minimum absolute atomic E-state index is 0.161. The van der Waals surface area contributed by atoms with Crippen LogP contribution >= 0.6 is 0 Å². The molecule has 3 aliphatic rings. The summed E-state index contributed by atoms with van der Waals surface area (Å²) in [5, 5.41) is 4.77. The smallest absolute Gasteiger partial charge is 0.253 e. The Morgan fingerprint density at radius 1 is 0.927 bits per heavy atom. The third kappa shape index (κ3) is 5.17. The Labute approximate surface area is 241 Å². The molecule has 2 atom stereocenters. The van der Waals surface area contributed by atoms with Gasteiger partial charge in [-0.2, -0.15) is 5.10 Å². The number of nitrogens with zero attached hydrogens (tertiary/aromatic N) is 7. The number of fused-ring (bicyclic) bond motifs is 2. The van der Waals surface area contributed by atoms with Crippen LogP contribution in [0, 0.1) is 0 Å². The van der Waals surface area contributed by atoms with Gasteiger partial charge >= 0.3 is 0 Å². The number of benzene rings is 1. The van der Waals surface area contributed by atoms with Gasteiger partial charge in [-0.3, -0.25) is 19.4 Å². The summed E-state index contributed by atoms with van der Waals surface area (Å²) in [4.78, 5) is 32.1. The maximum absolute atomic E-state index is 13.5. The van der Waals surface area contributed by atoms with Crippen molar-refractivity contribution in [3.63, 3.8) is 0 Å². The van der Waals surface area contributed by atoms with Crippen LogP contribution in [0.3, 0.4) is 0 Å². The zero-order valence-corrected chi connectivity index (χ0v) is 23.7. The first-order valence-corrected chi connectivity index (χ1v) is 15.1. The van der Waals surface area contributed by atoms with Gasteiger partial charge in [-0.1, -0.05) is 25.0 Å². The molecular weight excluding hydrogens is 510 g/mol. The lowest BCUT2D eigenvalue weighted by Gasteiger charge is -2.44. The summed E-state index contributed by atoms with van der Waals surface area (Å²) in [5.41, 5.74) is 5.48. The van der Waals surface area contributed by atoms with E-state index in [1.165, 1.54) is 38.5 Å². The molecule has 0 spiro atoms. The standard InChI is InChI=1S/C33H37N7O/c1-2-39-22-29(32(37-39)25-6-5-16-34-19-25)30-15-17-35-31(36-30)18-23-9-11-24(12-10-23)33(41)38-20-27-13-14-28(21-38)40(27)26-7-3-4-8-26/h5-6,9-12,15-17,19,22,26-28H,2-4,7-8,13-14,18,20-21H2,1H3. The largest absolute Gasteiger partial charge is 0.336 e. The summed E-state index contributed by atoms with van der Waals surface area (Å²) in [6, 6.07) is 15.7. The number of aryl methyl sites for hydroxylation is 1. The predicted octanol–water partition coefficient (Wildman–Crippen LogP) is 5.24. The lowest BCUT2D eigenvalue weighted by Crippen LogP contribution is -2.57. The summed E-state index contributed by atoms with van der Waals surface area (Å²) in [6.07, 6.45) is 15.9. The highest BCUT2D eigenvalue weighted by molar-refractivity contribution is 5.94. The van der Waals surface area contributed by atoms with Crippen LogP contribution in [-0.4, -0.2) is 71.7 Å². The average Bonchev–Trinajstić information content (AvgIpc) is 3.76. The molecule has 2 saturated heterocycles. The summed E-state index contributed by atoms with van der Waals surface area (Å²) in [6.45, 7) is 4.58. The van der Waals surface area contributed by atoms with Crippen LogP contribution in [0.5, 0.6) is 0 Å². The van der Waals surface area contributed by atoms with E-state index in [4.69, 9.17) is 10.1 Å². The zero-order chi connectivity index (χ0) is 27.8. The fourth-order valence-electron chi connectivity index (χ4n) is 7.15. The molecule has 0 N–H and O–H groups in total. The van der Waals surface area contributed by atoms with Crippen molar-refractivity contribution >= 4 is 5.91 Å². The molecule has 3 fully saturated rings. The predicted molar refractivity (Wildman–Crippen MR) is 158 cm³/mol. The molecule has 0 radical (unpaired) electrons. The Morgan fingerprint density at radius 3 is 2.41 bits per heavy atom. The van der Waals surface area contributed by atoms with Gasteiger partial charge in [0, 0.05) is 85.7 Å². The quantitative estimate of drug-likeness (QED) is 0.315. The van der Waals surface area contributed by atoms with Crippen molar-refractivity contribution in [2.45, 2.75) is 76.5 Å². The SMILES string of the molecule is CCn1cc(-c2ccnc(Cc3ccc(C(=O)N4CC5CCC(C4)N5C4CCCC4)cc3)n2)c(-c2cccnc2)n1. The number of pyridine rings is 1. The number of aromatic nitrogens is 5. The van der Waals surface area contributed by atoms with Gasteiger partial charge in [0.1, 0.15) is 11.5 Å². The van der Waals surface area contributed by atoms with E-state index in [2.05, 4.69) is 26.7 Å². The van der Waals surface area contributed by atoms with E-state index in [9.17, 15) is 4.79 Å². The van der Waals surface area contributed by atoms with Gasteiger partial charge in [-0.15, -0.1) is 0 Å². The minimum Gasteiger partial charge on any atom is -0.336 e. The van der Waals surface area contributed by atoms with E-state index >= 15 is 0 Å². The van der Waals surface area contributed by atoms with E-state index < -0.39 is 0 Å². The monoisotopic (exact) mass is 547 g/mol. The molecule has 8 nitrogen and oxygen atoms in total. The molecule has 1 amide bonds. The van der Waals surface area contributed by atoms with Crippen LogP contribution in [0.1, 0.15) is 67.2 Å². The van der Waals surface area contributed by atoms with Crippen LogP contribution in [0.15, 0.2) is 67.3 Å². The molecule has 3 aromatic heterocycles. The number of rotatable bonds is 7. The summed E-state index contributed by atoms with van der Waals surface area (Å²) in [5.74, 6) is 0.899. The number of piperazine rings is 1. The molecule has 2 unspecified atom stereocenters. The molecule has 8 heteroatoms. The van der Waals surface area contributed by atoms with E-state index in [0.717, 1.165) is 65.1 Å². The summed E-state index contributed by atoms with van der Waals surface area (Å²) in [7, 11) is 0. The molecular formula is C33H37N7O. The van der Waals surface area contributed by atoms with Crippen LogP contribution < -0.4 is 0 Å². The van der Waals surface area contributed by atoms with Crippen LogP contribution in [0.25, 0.3) is 22.5 Å². The highest BCUT2D eigenvalue weighted by atomic mass is 16.2. The lowest BCUT2D eigenvalue weighted by molar-refractivity contribution is 0.0284. The highest BCUT2D eigenvalue weighted by Crippen LogP contribution is 2.37. The average molecular weight is 548 g/mol. The second-order valence-corrected chi connectivity index (χ2v) is 11.7. The molecule has 1 aliphatic carbocycles. The van der Waals surface area contributed by atoms with Crippen LogP contribution in [-0.2, 0) is 13.0 Å². The van der Waals surface area contributed by atoms with Crippen LogP contribution in [0.2, 0.25) is 0 Å². The van der Waals surface area contributed by atoms with Crippen molar-refractivity contribution in [2.24, 2.45) is 0 Å². The van der Waals surface area contributed by atoms with Crippen molar-refractivity contribution in [2.75, 3.05) is 13.1 Å². The Bertz CT molecular complexity index is 1500. The Kier molecular flexibility index (Phi) is 7.08. The molecule has 7 rings (SSSR count). The van der Waals surface area contributed by atoms with E-state index in [0.29, 0.717) is 18.5 Å². The van der Waals surface area contributed by atoms with Crippen molar-refractivity contribution in [3.8, 4) is 22.5 Å². The summed E-state index contributed by atoms with van der Waals surface area (Å²) < 4.78 is 1.93. The Morgan fingerprint density at radius 2 is 1.71 bits per heavy atom. The van der Waals surface area contributed by atoms with Gasteiger partial charge in [0.25, 0.3) is 5.91 Å². The maximum atomic E-state index is 13.5. The Hall–Kier alpha value is -3.91. The maximum Gasteiger partial charge on any atom is 0.253 e. The topological polar surface area (TPSA) is 80.0 Å². The second-order valence-electron chi connectivity index (χ2n) is 11.7. The fraction of sp³-hybridized carbons (Fsp3) is 0.424. The van der Waals surface area contributed by atoms with Gasteiger partial charge in [0.05, 0.1) is 5.69 Å². The molecule has 4 aromatic rings. The summed E-state index contributed by atoms with van der Waals surface area (Å²) >= 11 is 0. The number of amides is 1. The molecule has 41 heavy (non-hydrogen) atoms. The molecule has 1 saturated carbocycles. The van der Waals surface area contributed by atoms with Crippen LogP contribution in [0.4, 0.5) is 0 Å². The Balaban J connectivity index is 1.05. The lowest BCUT2D eigenvalue weighted by atomic mass is 10.0. The van der Waals surface area contributed by atoms with Gasteiger partial charge in [-0.05, 0) is 68.5 Å². The molecule has 2 bridgehead atoms. The number of hydrogen-bond donors (Lipinski definition) is 0. The van der Waals surface area contributed by atoms with Gasteiger partial charge in [-0.25, -0.2) is 9.97 Å². The highest BCUT2D eigenvalue weighted by Gasteiger charge is 2.44. The minimum atomic E-state index is 0.161.